The fraction of sp³-hybridized carbons (Fsp3) is 0.556. The number of phosphoric acid groups is 1. The number of nitrogens with zero attached hydrogens (tertiary/aromatic N) is 1. The molecule has 0 saturated heterocycles. The van der Waals surface area contributed by atoms with Gasteiger partial charge in [-0.15, -0.1) is 0 Å². The summed E-state index contributed by atoms with van der Waals surface area (Å²) in [5.41, 5.74) is 0. The number of ether oxygens (including phenoxy) is 2. The largest absolute Gasteiger partial charge is 0.756 e. The lowest BCUT2D eigenvalue weighted by Crippen LogP contribution is -2.37. The molecule has 0 rings (SSSR count). The second kappa shape index (κ2) is 60.7. The molecular formula is C72H114NO8P. The Morgan fingerprint density at radius 3 is 0.976 bits per heavy atom. The number of phosphoric ester groups is 1. The lowest BCUT2D eigenvalue weighted by molar-refractivity contribution is -0.870. The Kier molecular flexibility index (Phi) is 57.1. The van der Waals surface area contributed by atoms with E-state index in [2.05, 4.69) is 196 Å². The van der Waals surface area contributed by atoms with Crippen LogP contribution >= 0.6 is 7.82 Å². The maximum atomic E-state index is 12.8. The van der Waals surface area contributed by atoms with Crippen molar-refractivity contribution in [2.24, 2.45) is 0 Å². The maximum Gasteiger partial charge on any atom is 0.306 e. The highest BCUT2D eigenvalue weighted by Crippen LogP contribution is 2.38. The minimum atomic E-state index is -4.66. The highest BCUT2D eigenvalue weighted by molar-refractivity contribution is 7.45. The van der Waals surface area contributed by atoms with Crippen molar-refractivity contribution in [1.82, 2.24) is 0 Å². The molecule has 9 nitrogen and oxygen atoms in total. The van der Waals surface area contributed by atoms with Crippen LogP contribution in [0.2, 0.25) is 0 Å². The first-order valence-corrected chi connectivity index (χ1v) is 33.0. The van der Waals surface area contributed by atoms with Crippen LogP contribution < -0.4 is 4.89 Å². The van der Waals surface area contributed by atoms with Crippen molar-refractivity contribution < 1.29 is 42.1 Å². The zero-order chi connectivity index (χ0) is 59.8. The van der Waals surface area contributed by atoms with Gasteiger partial charge in [-0.1, -0.05) is 241 Å². The summed E-state index contributed by atoms with van der Waals surface area (Å²) in [5.74, 6) is -0.892. The van der Waals surface area contributed by atoms with Crippen LogP contribution in [0.5, 0.6) is 0 Å². The van der Waals surface area contributed by atoms with Gasteiger partial charge >= 0.3 is 11.9 Å². The molecule has 0 aliphatic heterocycles. The number of carbonyl (C=O) groups excluding carboxylic acids is 2. The van der Waals surface area contributed by atoms with E-state index < -0.39 is 32.5 Å². The molecule has 0 aromatic carbocycles. The van der Waals surface area contributed by atoms with E-state index in [9.17, 15) is 19.0 Å². The highest BCUT2D eigenvalue weighted by Gasteiger charge is 2.21. The Morgan fingerprint density at radius 1 is 0.378 bits per heavy atom. The molecule has 0 aliphatic rings. The summed E-state index contributed by atoms with van der Waals surface area (Å²) in [6, 6.07) is 0. The zero-order valence-corrected chi connectivity index (χ0v) is 53.0. The highest BCUT2D eigenvalue weighted by atomic mass is 31.2. The summed E-state index contributed by atoms with van der Waals surface area (Å²) in [5, 5.41) is 0. The van der Waals surface area contributed by atoms with Gasteiger partial charge < -0.3 is 27.9 Å². The molecule has 0 aromatic rings. The smallest absolute Gasteiger partial charge is 0.306 e. The SMILES string of the molecule is CC/C=C\C/C=C\C/C=C\C/C=C\C/C=C\C/C=C\C/C=C\C/C=C\C/C=C\CCCCCCCCCC(=O)OC(COC(=O)CCCCCC/C=C\C/C=C\C/C=C\C/C=C\C/C=C\C/C=C\CC)COP(=O)([O-])OCC[N+](C)(C)C. The molecule has 0 N–H and O–H groups in total. The number of hydrogen-bond acceptors (Lipinski definition) is 8. The fourth-order valence-corrected chi connectivity index (χ4v) is 8.38. The average Bonchev–Trinajstić information content (AvgIpc) is 3.45. The minimum Gasteiger partial charge on any atom is -0.756 e. The summed E-state index contributed by atoms with van der Waals surface area (Å²) in [6.45, 7) is 3.93. The summed E-state index contributed by atoms with van der Waals surface area (Å²) in [6.07, 6.45) is 93.7. The Bertz CT molecular complexity index is 2030. The molecular weight excluding hydrogens is 1040 g/mol. The predicted octanol–water partition coefficient (Wildman–Crippen LogP) is 19.7. The molecule has 0 spiro atoms. The summed E-state index contributed by atoms with van der Waals surface area (Å²) < 4.78 is 34.2. The third-order valence-corrected chi connectivity index (χ3v) is 13.4. The first-order chi connectivity index (χ1) is 40.0. The third-order valence-electron chi connectivity index (χ3n) is 12.4. The van der Waals surface area contributed by atoms with Gasteiger partial charge in [0.15, 0.2) is 6.10 Å². The van der Waals surface area contributed by atoms with Gasteiger partial charge in [-0.25, -0.2) is 0 Å². The summed E-state index contributed by atoms with van der Waals surface area (Å²) in [7, 11) is 1.11. The second-order valence-corrected chi connectivity index (χ2v) is 22.7. The van der Waals surface area contributed by atoms with Crippen LogP contribution in [0.1, 0.15) is 206 Å². The monoisotopic (exact) mass is 1150 g/mol. The van der Waals surface area contributed by atoms with Gasteiger partial charge in [-0.05, 0) is 135 Å². The summed E-state index contributed by atoms with van der Waals surface area (Å²) >= 11 is 0. The number of quaternary nitrogens is 1. The number of carbonyl (C=O) groups is 2. The number of unbranched alkanes of at least 4 members (excludes halogenated alkanes) is 11. The lowest BCUT2D eigenvalue weighted by Gasteiger charge is -2.28. The Balaban J connectivity index is 4.26. The molecule has 0 heterocycles. The first kappa shape index (κ1) is 77.1. The van der Waals surface area contributed by atoms with E-state index in [-0.39, 0.29) is 26.1 Å². The van der Waals surface area contributed by atoms with Crippen molar-refractivity contribution >= 4 is 19.8 Å². The molecule has 10 heteroatoms. The third kappa shape index (κ3) is 64.3. The molecule has 2 atom stereocenters. The number of rotatable bonds is 55. The first-order valence-electron chi connectivity index (χ1n) is 31.5. The number of likely N-dealkylation sites (N-methyl/N-ethyl adjacent to an activating group) is 1. The lowest BCUT2D eigenvalue weighted by atomic mass is 10.1. The van der Waals surface area contributed by atoms with Gasteiger partial charge in [0.05, 0.1) is 27.7 Å². The summed E-state index contributed by atoms with van der Waals surface area (Å²) in [4.78, 5) is 38.0. The molecule has 0 aromatic heterocycles. The molecule has 0 radical (unpaired) electrons. The molecule has 82 heavy (non-hydrogen) atoms. The molecule has 0 bridgehead atoms. The topological polar surface area (TPSA) is 111 Å². The Hall–Kier alpha value is -4.89. The fourth-order valence-electron chi connectivity index (χ4n) is 7.65. The number of esters is 2. The molecule has 2 unspecified atom stereocenters. The second-order valence-electron chi connectivity index (χ2n) is 21.3. The van der Waals surface area contributed by atoms with E-state index in [0.717, 1.165) is 154 Å². The Morgan fingerprint density at radius 2 is 0.659 bits per heavy atom. The van der Waals surface area contributed by atoms with Crippen LogP contribution in [0.15, 0.2) is 182 Å². The van der Waals surface area contributed by atoms with Crippen molar-refractivity contribution in [3.8, 4) is 0 Å². The van der Waals surface area contributed by atoms with Crippen LogP contribution in [0.25, 0.3) is 0 Å². The van der Waals surface area contributed by atoms with Crippen molar-refractivity contribution in [2.75, 3.05) is 47.5 Å². The number of hydrogen-bond donors (Lipinski definition) is 0. The van der Waals surface area contributed by atoms with E-state index in [1.54, 1.807) is 0 Å². The molecule has 0 fully saturated rings. The van der Waals surface area contributed by atoms with Crippen molar-refractivity contribution in [1.29, 1.82) is 0 Å². The van der Waals surface area contributed by atoms with Gasteiger partial charge in [0.2, 0.25) is 0 Å². The van der Waals surface area contributed by atoms with Crippen molar-refractivity contribution in [3.63, 3.8) is 0 Å². The molecule has 460 valence electrons. The van der Waals surface area contributed by atoms with Gasteiger partial charge in [0.25, 0.3) is 7.82 Å². The molecule has 0 amide bonds. The zero-order valence-electron chi connectivity index (χ0n) is 52.1. The quantitative estimate of drug-likeness (QED) is 0.0195. The molecule has 0 saturated carbocycles. The average molecular weight is 1150 g/mol. The van der Waals surface area contributed by atoms with E-state index in [1.807, 2.05) is 21.1 Å². The predicted molar refractivity (Wildman–Crippen MR) is 350 cm³/mol. The van der Waals surface area contributed by atoms with Crippen LogP contribution in [0, 0.1) is 0 Å². The number of allylic oxidation sites excluding steroid dienone is 30. The Labute approximate surface area is 501 Å². The van der Waals surface area contributed by atoms with Crippen LogP contribution in [0.4, 0.5) is 0 Å². The standard InChI is InChI=1S/C72H114NO8P/c1-6-8-10-12-14-16-18-20-22-24-26-28-30-31-32-33-34-35-36-37-38-39-40-41-43-45-47-49-51-53-55-57-59-61-63-65-72(75)81-70(69-80-82(76,77)79-67-66-73(3,4)5)68-78-71(74)64-62-60-58-56-54-52-50-48-46-44-42-29-27-25-23-21-19-17-15-13-11-9-7-2/h8-11,14-17,20-23,26-29,31-32,34-35,37-38,40-41,44-47,50,52,70H,6-7,12-13,18-19,24-25,30,33,36,39,42-43,48-49,51,53-69H2,1-5H3/b10-8-,11-9-,16-14-,17-15-,22-20-,23-21-,28-26-,29-27-,32-31-,35-34-,38-37-,41-40-,46-44-,47-45-,52-50-. The van der Waals surface area contributed by atoms with E-state index >= 15 is 0 Å². The minimum absolute atomic E-state index is 0.0488. The maximum absolute atomic E-state index is 12.8. The van der Waals surface area contributed by atoms with Gasteiger partial charge in [-0.3, -0.25) is 14.2 Å². The normalized spacial score (nSPS) is 14.5. The van der Waals surface area contributed by atoms with Gasteiger partial charge in [0, 0.05) is 12.8 Å². The van der Waals surface area contributed by atoms with Crippen LogP contribution in [0.3, 0.4) is 0 Å². The van der Waals surface area contributed by atoms with Crippen molar-refractivity contribution in [2.45, 2.75) is 213 Å². The van der Waals surface area contributed by atoms with Gasteiger partial charge in [0.1, 0.15) is 19.8 Å². The van der Waals surface area contributed by atoms with Crippen LogP contribution in [-0.2, 0) is 32.7 Å². The van der Waals surface area contributed by atoms with Crippen molar-refractivity contribution in [3.05, 3.63) is 182 Å². The van der Waals surface area contributed by atoms with Gasteiger partial charge in [-0.2, -0.15) is 0 Å². The molecule has 0 aliphatic carbocycles. The van der Waals surface area contributed by atoms with E-state index in [4.69, 9.17) is 18.5 Å². The van der Waals surface area contributed by atoms with E-state index in [1.165, 1.54) is 12.8 Å². The van der Waals surface area contributed by atoms with E-state index in [0.29, 0.717) is 23.9 Å². The van der Waals surface area contributed by atoms with Crippen LogP contribution in [-0.4, -0.2) is 70.0 Å².